The number of carboxylic acid groups (broad SMARTS) is 1. The molecule has 26 heavy (non-hydrogen) atoms. The lowest BCUT2D eigenvalue weighted by molar-refractivity contribution is -0.193. The number of carbonyl (C=O) groups is 3. The molecular weight excluding hydrogens is 344 g/mol. The zero-order chi connectivity index (χ0) is 19.7. The first-order valence-corrected chi connectivity index (χ1v) is 8.02. The van der Waals surface area contributed by atoms with Gasteiger partial charge in [0.05, 0.1) is 18.8 Å². The van der Waals surface area contributed by atoms with Crippen molar-refractivity contribution in [1.82, 2.24) is 4.98 Å². The highest BCUT2D eigenvalue weighted by molar-refractivity contribution is 6.03. The quantitative estimate of drug-likeness (QED) is 0.719. The smallest absolute Gasteiger partial charge is 0.348 e. The number of carbonyl (C=O) groups excluding carboxylic acids is 2. The first-order chi connectivity index (χ1) is 12.0. The molecule has 2 N–H and O–H groups in total. The van der Waals surface area contributed by atoms with E-state index in [0.717, 1.165) is 6.92 Å². The summed E-state index contributed by atoms with van der Waals surface area (Å²) in [5.74, 6) is -2.78. The van der Waals surface area contributed by atoms with Crippen LogP contribution in [0.1, 0.15) is 33.4 Å². The number of pyridine rings is 1. The maximum atomic E-state index is 13.0. The number of aliphatic carboxylic acids is 1. The molecule has 1 aliphatic heterocycles. The van der Waals surface area contributed by atoms with Gasteiger partial charge in [-0.05, 0) is 32.9 Å². The van der Waals surface area contributed by atoms with Crippen molar-refractivity contribution in [2.45, 2.75) is 45.0 Å². The maximum absolute atomic E-state index is 13.0. The lowest BCUT2D eigenvalue weighted by Gasteiger charge is -2.41. The molecule has 9 heteroatoms. The SMILES string of the molecule is CC(=O)OC(C(=O)O)[C@@]1(C)OCCN(c2cccc(C(C)(C)O)n2)C1=O. The third kappa shape index (κ3) is 3.83. The third-order valence-corrected chi connectivity index (χ3v) is 4.03. The molecule has 9 nitrogen and oxygen atoms in total. The molecule has 1 fully saturated rings. The number of hydrogen-bond acceptors (Lipinski definition) is 7. The second kappa shape index (κ2) is 7.00. The number of esters is 1. The van der Waals surface area contributed by atoms with Crippen LogP contribution in [-0.2, 0) is 29.5 Å². The maximum Gasteiger partial charge on any atom is 0.348 e. The van der Waals surface area contributed by atoms with E-state index in [1.807, 2.05) is 0 Å². The van der Waals surface area contributed by atoms with Crippen molar-refractivity contribution in [3.8, 4) is 0 Å². The topological polar surface area (TPSA) is 126 Å². The number of carboxylic acids is 1. The van der Waals surface area contributed by atoms with E-state index in [1.165, 1.54) is 11.8 Å². The minimum atomic E-state index is -1.90. The van der Waals surface area contributed by atoms with Crippen LogP contribution < -0.4 is 4.90 Å². The Balaban J connectivity index is 2.40. The molecule has 1 aliphatic rings. The summed E-state index contributed by atoms with van der Waals surface area (Å²) in [6.07, 6.45) is -1.80. The van der Waals surface area contributed by atoms with Gasteiger partial charge in [0, 0.05) is 6.92 Å². The molecule has 1 amide bonds. The number of anilines is 1. The van der Waals surface area contributed by atoms with Crippen LogP contribution in [0.15, 0.2) is 18.2 Å². The van der Waals surface area contributed by atoms with E-state index in [0.29, 0.717) is 5.69 Å². The van der Waals surface area contributed by atoms with Gasteiger partial charge in [0.2, 0.25) is 6.10 Å². The van der Waals surface area contributed by atoms with Gasteiger partial charge >= 0.3 is 11.9 Å². The highest BCUT2D eigenvalue weighted by Crippen LogP contribution is 2.29. The van der Waals surface area contributed by atoms with Crippen LogP contribution >= 0.6 is 0 Å². The number of aromatic nitrogens is 1. The van der Waals surface area contributed by atoms with E-state index < -0.39 is 35.2 Å². The molecule has 0 saturated carbocycles. The Morgan fingerprint density at radius 2 is 2.08 bits per heavy atom. The Hall–Kier alpha value is -2.52. The number of aliphatic hydroxyl groups is 1. The van der Waals surface area contributed by atoms with Crippen LogP contribution in [0.25, 0.3) is 0 Å². The standard InChI is InChI=1S/C17H22N2O7/c1-10(20)26-13(14(21)22)17(4)15(23)19(8-9-25-17)12-7-5-6-11(18-12)16(2,3)24/h5-7,13,24H,8-9H2,1-4H3,(H,21,22)/t13?,17-/m1/s1. The van der Waals surface area contributed by atoms with Crippen LogP contribution in [-0.4, -0.2) is 57.9 Å². The number of amides is 1. The van der Waals surface area contributed by atoms with E-state index in [4.69, 9.17) is 9.47 Å². The Labute approximate surface area is 150 Å². The second-order valence-electron chi connectivity index (χ2n) is 6.68. The Morgan fingerprint density at radius 3 is 2.62 bits per heavy atom. The number of morpholine rings is 1. The van der Waals surface area contributed by atoms with Gasteiger partial charge in [-0.3, -0.25) is 14.5 Å². The highest BCUT2D eigenvalue weighted by Gasteiger charge is 2.53. The molecule has 2 heterocycles. The van der Waals surface area contributed by atoms with Gasteiger partial charge in [-0.15, -0.1) is 0 Å². The molecule has 2 atom stereocenters. The largest absolute Gasteiger partial charge is 0.478 e. The van der Waals surface area contributed by atoms with Gasteiger partial charge in [-0.1, -0.05) is 6.07 Å². The zero-order valence-corrected chi connectivity index (χ0v) is 15.1. The van der Waals surface area contributed by atoms with Gasteiger partial charge in [0.1, 0.15) is 11.4 Å². The normalized spacial score (nSPS) is 22.0. The van der Waals surface area contributed by atoms with E-state index >= 15 is 0 Å². The van der Waals surface area contributed by atoms with Crippen molar-refractivity contribution in [2.75, 3.05) is 18.1 Å². The van der Waals surface area contributed by atoms with Crippen molar-refractivity contribution < 1.29 is 34.1 Å². The van der Waals surface area contributed by atoms with E-state index in [1.54, 1.807) is 32.0 Å². The summed E-state index contributed by atoms with van der Waals surface area (Å²) < 4.78 is 10.2. The second-order valence-corrected chi connectivity index (χ2v) is 6.68. The third-order valence-electron chi connectivity index (χ3n) is 4.03. The van der Waals surface area contributed by atoms with E-state index in [9.17, 15) is 24.6 Å². The molecule has 0 bridgehead atoms. The fourth-order valence-corrected chi connectivity index (χ4v) is 2.67. The van der Waals surface area contributed by atoms with Crippen LogP contribution in [0.2, 0.25) is 0 Å². The summed E-state index contributed by atoms with van der Waals surface area (Å²) in [5.41, 5.74) is -2.76. The highest BCUT2D eigenvalue weighted by atomic mass is 16.6. The molecule has 2 rings (SSSR count). The Bertz CT molecular complexity index is 728. The fraction of sp³-hybridized carbons (Fsp3) is 0.529. The van der Waals surface area contributed by atoms with Crippen LogP contribution in [0.3, 0.4) is 0 Å². The average molecular weight is 366 g/mol. The minimum Gasteiger partial charge on any atom is -0.478 e. The van der Waals surface area contributed by atoms with Gasteiger partial charge < -0.3 is 19.7 Å². The monoisotopic (exact) mass is 366 g/mol. The molecule has 0 spiro atoms. The molecule has 0 aromatic carbocycles. The molecule has 0 aliphatic carbocycles. The summed E-state index contributed by atoms with van der Waals surface area (Å²) in [4.78, 5) is 41.3. The molecule has 1 aromatic heterocycles. The molecule has 1 saturated heterocycles. The first-order valence-electron chi connectivity index (χ1n) is 8.02. The van der Waals surface area contributed by atoms with Crippen molar-refractivity contribution in [1.29, 1.82) is 0 Å². The number of ether oxygens (including phenoxy) is 2. The molecule has 1 aromatic rings. The van der Waals surface area contributed by atoms with Crippen molar-refractivity contribution >= 4 is 23.7 Å². The minimum absolute atomic E-state index is 0.0295. The number of rotatable bonds is 5. The summed E-state index contributed by atoms with van der Waals surface area (Å²) in [5, 5.41) is 19.5. The summed E-state index contributed by atoms with van der Waals surface area (Å²) >= 11 is 0. The lowest BCUT2D eigenvalue weighted by Crippen LogP contribution is -2.64. The molecule has 142 valence electrons. The van der Waals surface area contributed by atoms with E-state index in [2.05, 4.69) is 4.98 Å². The van der Waals surface area contributed by atoms with Crippen LogP contribution in [0.5, 0.6) is 0 Å². The van der Waals surface area contributed by atoms with Crippen LogP contribution in [0, 0.1) is 0 Å². The Morgan fingerprint density at radius 1 is 1.42 bits per heavy atom. The molecule has 1 unspecified atom stereocenters. The Kier molecular flexibility index (Phi) is 5.33. The fourth-order valence-electron chi connectivity index (χ4n) is 2.67. The molecule has 0 radical (unpaired) electrons. The van der Waals surface area contributed by atoms with Gasteiger partial charge in [-0.25, -0.2) is 9.78 Å². The van der Waals surface area contributed by atoms with Crippen molar-refractivity contribution in [3.05, 3.63) is 23.9 Å². The summed E-state index contributed by atoms with van der Waals surface area (Å²) in [7, 11) is 0. The first kappa shape index (κ1) is 19.8. The average Bonchev–Trinajstić information content (AvgIpc) is 2.54. The predicted octanol–water partition coefficient (Wildman–Crippen LogP) is 0.447. The zero-order valence-electron chi connectivity index (χ0n) is 15.1. The van der Waals surface area contributed by atoms with E-state index in [-0.39, 0.29) is 19.0 Å². The molecular formula is C17H22N2O7. The van der Waals surface area contributed by atoms with Gasteiger partial charge in [0.15, 0.2) is 5.60 Å². The van der Waals surface area contributed by atoms with Crippen LogP contribution in [0.4, 0.5) is 5.82 Å². The lowest BCUT2D eigenvalue weighted by atomic mass is 9.95. The number of hydrogen-bond donors (Lipinski definition) is 2. The van der Waals surface area contributed by atoms with Crippen molar-refractivity contribution in [3.63, 3.8) is 0 Å². The summed E-state index contributed by atoms with van der Waals surface area (Å²) in [6.45, 7) is 5.61. The number of nitrogens with zero attached hydrogens (tertiary/aromatic N) is 2. The van der Waals surface area contributed by atoms with Crippen molar-refractivity contribution in [2.24, 2.45) is 0 Å². The van der Waals surface area contributed by atoms with Gasteiger partial charge in [-0.2, -0.15) is 0 Å². The van der Waals surface area contributed by atoms with Gasteiger partial charge in [0.25, 0.3) is 5.91 Å². The predicted molar refractivity (Wildman–Crippen MR) is 89.4 cm³/mol. The summed E-state index contributed by atoms with van der Waals surface area (Å²) in [6, 6.07) is 4.82.